The molecule has 0 unspecified atom stereocenters. The number of alkyl halides is 3. The molecule has 10 heteroatoms. The van der Waals surface area contributed by atoms with Crippen LogP contribution in [0.25, 0.3) is 22.0 Å². The molecule has 3 heterocycles. The van der Waals surface area contributed by atoms with Gasteiger partial charge in [0.05, 0.1) is 23.4 Å². The number of amides is 1. The van der Waals surface area contributed by atoms with Crippen LogP contribution in [0.5, 0.6) is 0 Å². The van der Waals surface area contributed by atoms with E-state index in [-0.39, 0.29) is 24.2 Å². The Labute approximate surface area is 218 Å². The zero-order valence-electron chi connectivity index (χ0n) is 21.3. The summed E-state index contributed by atoms with van der Waals surface area (Å²) in [6.45, 7) is 3.30. The van der Waals surface area contributed by atoms with Crippen molar-refractivity contribution in [3.05, 3.63) is 77.7 Å². The summed E-state index contributed by atoms with van der Waals surface area (Å²) in [5.74, 6) is -0.433. The molecule has 1 N–H and O–H groups in total. The van der Waals surface area contributed by atoms with Gasteiger partial charge in [0.1, 0.15) is 0 Å². The molecule has 198 valence electrons. The standard InChI is InChI=1S/C28H29F3N6O/c1-35-9-11-37(12-10-35)18-21-5-6-23(14-25(21)28(29,30)31)33-27(38)16-24-15-26(36(2)34-24)20-4-3-19-7-8-32-17-22(19)13-20/h3-8,13-15,17H,9-12,16,18H2,1-2H3,(H,33,38). The number of anilines is 1. The first-order chi connectivity index (χ1) is 18.2. The summed E-state index contributed by atoms with van der Waals surface area (Å²) in [5.41, 5.74) is 1.88. The highest BCUT2D eigenvalue weighted by molar-refractivity contribution is 5.92. The van der Waals surface area contributed by atoms with Crippen molar-refractivity contribution >= 4 is 22.4 Å². The van der Waals surface area contributed by atoms with Crippen LogP contribution in [-0.4, -0.2) is 63.7 Å². The van der Waals surface area contributed by atoms with Crippen LogP contribution in [0.3, 0.4) is 0 Å². The average Bonchev–Trinajstić information content (AvgIpc) is 3.24. The number of likely N-dealkylation sites (N-methyl/N-ethyl adjacent to an activating group) is 1. The zero-order chi connectivity index (χ0) is 26.9. The Kier molecular flexibility index (Phi) is 7.18. The molecule has 7 nitrogen and oxygen atoms in total. The first-order valence-electron chi connectivity index (χ1n) is 12.4. The Hall–Kier alpha value is -3.76. The van der Waals surface area contributed by atoms with Gasteiger partial charge in [0.25, 0.3) is 0 Å². The Morgan fingerprint density at radius 1 is 0.974 bits per heavy atom. The number of pyridine rings is 1. The number of hydrogen-bond donors (Lipinski definition) is 1. The van der Waals surface area contributed by atoms with Crippen molar-refractivity contribution in [2.45, 2.75) is 19.1 Å². The van der Waals surface area contributed by atoms with E-state index >= 15 is 0 Å². The molecule has 38 heavy (non-hydrogen) atoms. The third-order valence-corrected chi connectivity index (χ3v) is 6.90. The fourth-order valence-corrected chi connectivity index (χ4v) is 4.80. The molecule has 1 amide bonds. The molecule has 0 bridgehead atoms. The van der Waals surface area contributed by atoms with Crippen LogP contribution in [-0.2, 0) is 31.0 Å². The Morgan fingerprint density at radius 2 is 1.76 bits per heavy atom. The summed E-state index contributed by atoms with van der Waals surface area (Å²) in [5, 5.41) is 9.11. The van der Waals surface area contributed by atoms with Gasteiger partial charge in [-0.15, -0.1) is 0 Å². The number of rotatable bonds is 6. The molecule has 1 fully saturated rings. The monoisotopic (exact) mass is 522 g/mol. The highest BCUT2D eigenvalue weighted by atomic mass is 19.4. The van der Waals surface area contributed by atoms with Gasteiger partial charge in [0, 0.05) is 68.8 Å². The van der Waals surface area contributed by atoms with E-state index in [9.17, 15) is 18.0 Å². The van der Waals surface area contributed by atoms with Crippen LogP contribution >= 0.6 is 0 Å². The van der Waals surface area contributed by atoms with E-state index in [1.165, 1.54) is 12.1 Å². The number of hydrogen-bond acceptors (Lipinski definition) is 5. The lowest BCUT2D eigenvalue weighted by molar-refractivity contribution is -0.138. The Bertz CT molecular complexity index is 1460. The van der Waals surface area contributed by atoms with Crippen LogP contribution in [0, 0.1) is 0 Å². The van der Waals surface area contributed by atoms with Gasteiger partial charge in [-0.2, -0.15) is 18.3 Å². The molecule has 0 atom stereocenters. The molecule has 1 saturated heterocycles. The van der Waals surface area contributed by atoms with E-state index in [0.29, 0.717) is 18.8 Å². The second-order valence-electron chi connectivity index (χ2n) is 9.76. The van der Waals surface area contributed by atoms with Crippen LogP contribution in [0.2, 0.25) is 0 Å². The third kappa shape index (κ3) is 5.87. The molecule has 4 aromatic rings. The number of halogens is 3. The van der Waals surface area contributed by atoms with Gasteiger partial charge in [-0.3, -0.25) is 19.4 Å². The number of aryl methyl sites for hydroxylation is 1. The molecule has 0 spiro atoms. The van der Waals surface area contributed by atoms with E-state index in [1.54, 1.807) is 24.1 Å². The van der Waals surface area contributed by atoms with Gasteiger partial charge in [-0.25, -0.2) is 0 Å². The molecule has 0 radical (unpaired) electrons. The van der Waals surface area contributed by atoms with Crippen molar-refractivity contribution < 1.29 is 18.0 Å². The fourth-order valence-electron chi connectivity index (χ4n) is 4.80. The molecule has 2 aromatic heterocycles. The van der Waals surface area contributed by atoms with E-state index in [0.717, 1.165) is 41.2 Å². The van der Waals surface area contributed by atoms with Gasteiger partial charge >= 0.3 is 6.18 Å². The van der Waals surface area contributed by atoms with Crippen molar-refractivity contribution in [2.24, 2.45) is 7.05 Å². The summed E-state index contributed by atoms with van der Waals surface area (Å²) in [6.07, 6.45) is -1.06. The van der Waals surface area contributed by atoms with E-state index < -0.39 is 17.6 Å². The molecular weight excluding hydrogens is 493 g/mol. The maximum Gasteiger partial charge on any atom is 0.416 e. The lowest BCUT2D eigenvalue weighted by Gasteiger charge is -2.33. The molecular formula is C28H29F3N6O. The van der Waals surface area contributed by atoms with E-state index in [2.05, 4.69) is 20.3 Å². The molecule has 5 rings (SSSR count). The molecule has 1 aliphatic heterocycles. The highest BCUT2D eigenvalue weighted by Gasteiger charge is 2.34. The van der Waals surface area contributed by atoms with Crippen molar-refractivity contribution in [3.63, 3.8) is 0 Å². The van der Waals surface area contributed by atoms with Crippen molar-refractivity contribution in [1.82, 2.24) is 24.6 Å². The maximum atomic E-state index is 13.9. The van der Waals surface area contributed by atoms with Crippen LogP contribution in [0.15, 0.2) is 60.9 Å². The molecule has 0 aliphatic carbocycles. The third-order valence-electron chi connectivity index (χ3n) is 6.90. The smallest absolute Gasteiger partial charge is 0.326 e. The van der Waals surface area contributed by atoms with Crippen molar-refractivity contribution in [3.8, 4) is 11.3 Å². The Morgan fingerprint density at radius 3 is 2.53 bits per heavy atom. The van der Waals surface area contributed by atoms with Crippen LogP contribution in [0.4, 0.5) is 18.9 Å². The lowest BCUT2D eigenvalue weighted by atomic mass is 10.0. The van der Waals surface area contributed by atoms with Gasteiger partial charge in [0.2, 0.25) is 5.91 Å². The number of carbonyl (C=O) groups is 1. The summed E-state index contributed by atoms with van der Waals surface area (Å²) >= 11 is 0. The minimum atomic E-state index is -4.52. The largest absolute Gasteiger partial charge is 0.416 e. The van der Waals surface area contributed by atoms with E-state index in [4.69, 9.17) is 0 Å². The number of fused-ring (bicyclic) bond motifs is 1. The summed E-state index contributed by atoms with van der Waals surface area (Å²) in [6, 6.07) is 13.7. The topological polar surface area (TPSA) is 66.3 Å². The quantitative estimate of drug-likeness (QED) is 0.402. The number of piperazine rings is 1. The van der Waals surface area contributed by atoms with Gasteiger partial charge in [0.15, 0.2) is 0 Å². The summed E-state index contributed by atoms with van der Waals surface area (Å²) in [4.78, 5) is 21.1. The molecule has 2 aromatic carbocycles. The van der Waals surface area contributed by atoms with E-state index in [1.807, 2.05) is 42.3 Å². The minimum absolute atomic E-state index is 0.0621. The highest BCUT2D eigenvalue weighted by Crippen LogP contribution is 2.34. The lowest BCUT2D eigenvalue weighted by Crippen LogP contribution is -2.44. The van der Waals surface area contributed by atoms with Crippen LogP contribution in [0.1, 0.15) is 16.8 Å². The first kappa shape index (κ1) is 25.9. The number of carbonyl (C=O) groups excluding carboxylic acids is 1. The van der Waals surface area contributed by atoms with Crippen molar-refractivity contribution in [2.75, 3.05) is 38.5 Å². The number of aromatic nitrogens is 3. The fraction of sp³-hybridized carbons (Fsp3) is 0.321. The number of nitrogens with zero attached hydrogens (tertiary/aromatic N) is 5. The first-order valence-corrected chi connectivity index (χ1v) is 12.4. The van der Waals surface area contributed by atoms with Gasteiger partial charge < -0.3 is 10.2 Å². The van der Waals surface area contributed by atoms with Crippen molar-refractivity contribution in [1.29, 1.82) is 0 Å². The predicted octanol–water partition coefficient (Wildman–Crippen LogP) is 4.58. The van der Waals surface area contributed by atoms with Crippen LogP contribution < -0.4 is 5.32 Å². The summed E-state index contributed by atoms with van der Waals surface area (Å²) in [7, 11) is 3.79. The molecule has 0 saturated carbocycles. The number of nitrogens with one attached hydrogen (secondary N) is 1. The predicted molar refractivity (Wildman–Crippen MR) is 140 cm³/mol. The number of benzene rings is 2. The summed E-state index contributed by atoms with van der Waals surface area (Å²) < 4.78 is 43.3. The van der Waals surface area contributed by atoms with Gasteiger partial charge in [-0.05, 0) is 48.3 Å². The Balaban J connectivity index is 1.29. The zero-order valence-corrected chi connectivity index (χ0v) is 21.3. The second kappa shape index (κ2) is 10.5. The minimum Gasteiger partial charge on any atom is -0.326 e. The maximum absolute atomic E-state index is 13.9. The van der Waals surface area contributed by atoms with Gasteiger partial charge in [-0.1, -0.05) is 18.2 Å². The average molecular weight is 523 g/mol. The molecule has 1 aliphatic rings. The SMILES string of the molecule is CN1CCN(Cc2ccc(NC(=O)Cc3cc(-c4ccc5ccncc5c4)n(C)n3)cc2C(F)(F)F)CC1. The second-order valence-corrected chi connectivity index (χ2v) is 9.76. The normalized spacial score (nSPS) is 15.2.